The van der Waals surface area contributed by atoms with Gasteiger partial charge in [-0.2, -0.15) is 13.2 Å². The lowest BCUT2D eigenvalue weighted by Crippen LogP contribution is -2.32. The van der Waals surface area contributed by atoms with E-state index in [1.807, 2.05) is 0 Å². The van der Waals surface area contributed by atoms with Crippen LogP contribution in [0.2, 0.25) is 0 Å². The average Bonchev–Trinajstić information content (AvgIpc) is 1.85. The molecule has 0 rings (SSSR count). The monoisotopic (exact) mass is 188 g/mol. The third-order valence-electron chi connectivity index (χ3n) is 0.660. The molecule has 0 saturated carbocycles. The fourth-order valence-corrected chi connectivity index (χ4v) is 0.903. The van der Waals surface area contributed by atoms with E-state index in [1.54, 1.807) is 5.43 Å². The van der Waals surface area contributed by atoms with Gasteiger partial charge in [-0.1, -0.05) is 0 Å². The molecule has 0 fully saturated rings. The van der Waals surface area contributed by atoms with Crippen molar-refractivity contribution in [2.24, 2.45) is 5.84 Å². The minimum Gasteiger partial charge on any atom is -0.294 e. The molecule has 66 valence electrons. The van der Waals surface area contributed by atoms with Crippen LogP contribution in [0.25, 0.3) is 0 Å². The van der Waals surface area contributed by atoms with Gasteiger partial charge in [0.1, 0.15) is 0 Å². The minimum atomic E-state index is -4.22. The molecule has 0 aliphatic carbocycles. The lowest BCUT2D eigenvalue weighted by Gasteiger charge is -2.04. The number of nitrogens with one attached hydrogen (secondary N) is 1. The molecule has 1 amide bonds. The Morgan fingerprint density at radius 1 is 1.55 bits per heavy atom. The maximum absolute atomic E-state index is 11.4. The number of alkyl halides is 3. The zero-order chi connectivity index (χ0) is 8.91. The van der Waals surface area contributed by atoms with E-state index < -0.39 is 17.8 Å². The van der Waals surface area contributed by atoms with Gasteiger partial charge in [-0.25, -0.2) is 5.84 Å². The third-order valence-corrected chi connectivity index (χ3v) is 1.66. The highest BCUT2D eigenvalue weighted by Crippen LogP contribution is 2.20. The maximum Gasteiger partial charge on any atom is 0.397 e. The fourth-order valence-electron chi connectivity index (χ4n) is 0.301. The van der Waals surface area contributed by atoms with E-state index in [9.17, 15) is 18.0 Å². The topological polar surface area (TPSA) is 55.1 Å². The van der Waals surface area contributed by atoms with Crippen LogP contribution in [0, 0.1) is 0 Å². The average molecular weight is 188 g/mol. The second kappa shape index (κ2) is 4.45. The van der Waals surface area contributed by atoms with Gasteiger partial charge in [0.15, 0.2) is 0 Å². The van der Waals surface area contributed by atoms with Crippen molar-refractivity contribution in [1.82, 2.24) is 5.43 Å². The van der Waals surface area contributed by atoms with Crippen LogP contribution < -0.4 is 11.3 Å². The number of hydrogen-bond acceptors (Lipinski definition) is 3. The molecule has 7 heteroatoms. The number of halogens is 3. The summed E-state index contributed by atoms with van der Waals surface area (Å²) in [4.78, 5) is 10.3. The smallest absolute Gasteiger partial charge is 0.294 e. The molecule has 11 heavy (non-hydrogen) atoms. The summed E-state index contributed by atoms with van der Waals surface area (Å²) in [5.41, 5.74) is 1.72. The highest BCUT2D eigenvalue weighted by molar-refractivity contribution is 8.00. The molecule has 0 aliphatic rings. The Labute approximate surface area is 65.5 Å². The molecule has 0 spiro atoms. The number of carbonyl (C=O) groups excluding carboxylic acids is 1. The summed E-state index contributed by atoms with van der Waals surface area (Å²) in [6.45, 7) is 0. The molecular formula is C4H7F3N2OS. The second-order valence-corrected chi connectivity index (χ2v) is 2.66. The first-order valence-electron chi connectivity index (χ1n) is 2.59. The number of amides is 1. The SMILES string of the molecule is NNC(=O)CSCC(F)(F)F. The molecule has 3 N–H and O–H groups in total. The van der Waals surface area contributed by atoms with E-state index in [1.165, 1.54) is 0 Å². The number of thioether (sulfide) groups is 1. The van der Waals surface area contributed by atoms with Gasteiger partial charge in [0.25, 0.3) is 0 Å². The van der Waals surface area contributed by atoms with Crippen molar-refractivity contribution >= 4 is 17.7 Å². The van der Waals surface area contributed by atoms with E-state index in [0.717, 1.165) is 0 Å². The van der Waals surface area contributed by atoms with Crippen molar-refractivity contribution in [3.63, 3.8) is 0 Å². The standard InChI is InChI=1S/C4H7F3N2OS/c5-4(6,7)2-11-1-3(10)9-8/h1-2,8H2,(H,9,10). The number of carbonyl (C=O) groups is 1. The molecule has 0 bridgehead atoms. The Bertz CT molecular complexity index is 138. The van der Waals surface area contributed by atoms with Crippen LogP contribution in [0.5, 0.6) is 0 Å². The van der Waals surface area contributed by atoms with Crippen LogP contribution in [0.15, 0.2) is 0 Å². The van der Waals surface area contributed by atoms with Gasteiger partial charge >= 0.3 is 6.18 Å². The first-order chi connectivity index (χ1) is 4.95. The zero-order valence-electron chi connectivity index (χ0n) is 5.44. The van der Waals surface area contributed by atoms with Crippen molar-refractivity contribution in [3.05, 3.63) is 0 Å². The summed E-state index contributed by atoms with van der Waals surface area (Å²) in [6.07, 6.45) is -4.22. The molecule has 0 unspecified atom stereocenters. The van der Waals surface area contributed by atoms with Crippen LogP contribution in [0.1, 0.15) is 0 Å². The van der Waals surface area contributed by atoms with Crippen molar-refractivity contribution in [2.45, 2.75) is 6.18 Å². The number of hydrogen-bond donors (Lipinski definition) is 2. The molecule has 0 aliphatic heterocycles. The van der Waals surface area contributed by atoms with E-state index in [-0.39, 0.29) is 5.75 Å². The van der Waals surface area contributed by atoms with E-state index in [4.69, 9.17) is 0 Å². The Morgan fingerprint density at radius 3 is 2.45 bits per heavy atom. The predicted molar refractivity (Wildman–Crippen MR) is 35.7 cm³/mol. The number of rotatable bonds is 3. The molecule has 0 radical (unpaired) electrons. The Hall–Kier alpha value is -0.430. The summed E-state index contributed by atoms with van der Waals surface area (Å²) in [5, 5.41) is 0. The Morgan fingerprint density at radius 2 is 2.09 bits per heavy atom. The predicted octanol–water partition coefficient (Wildman–Crippen LogP) is 0.272. The molecule has 0 aromatic heterocycles. The Balaban J connectivity index is 3.35. The second-order valence-electron chi connectivity index (χ2n) is 1.68. The normalized spacial score (nSPS) is 11.3. The van der Waals surface area contributed by atoms with Gasteiger partial charge in [-0.05, 0) is 0 Å². The fraction of sp³-hybridized carbons (Fsp3) is 0.750. The molecule has 0 atom stereocenters. The van der Waals surface area contributed by atoms with Gasteiger partial charge in [0, 0.05) is 0 Å². The summed E-state index contributed by atoms with van der Waals surface area (Å²) in [7, 11) is 0. The molecule has 0 aromatic rings. The summed E-state index contributed by atoms with van der Waals surface area (Å²) in [6, 6.07) is 0. The minimum absolute atomic E-state index is 0.268. The van der Waals surface area contributed by atoms with Crippen LogP contribution in [-0.4, -0.2) is 23.6 Å². The van der Waals surface area contributed by atoms with Gasteiger partial charge in [0.2, 0.25) is 5.91 Å². The maximum atomic E-state index is 11.4. The van der Waals surface area contributed by atoms with Crippen LogP contribution >= 0.6 is 11.8 Å². The van der Waals surface area contributed by atoms with Gasteiger partial charge < -0.3 is 0 Å². The van der Waals surface area contributed by atoms with E-state index >= 15 is 0 Å². The Kier molecular flexibility index (Phi) is 4.27. The van der Waals surface area contributed by atoms with E-state index in [2.05, 4.69) is 5.84 Å². The first kappa shape index (κ1) is 10.6. The lowest BCUT2D eigenvalue weighted by molar-refractivity contribution is -0.118. The summed E-state index contributed by atoms with van der Waals surface area (Å²) < 4.78 is 34.3. The van der Waals surface area contributed by atoms with Crippen LogP contribution in [0.4, 0.5) is 13.2 Å². The quantitative estimate of drug-likeness (QED) is 0.380. The van der Waals surface area contributed by atoms with Crippen molar-refractivity contribution in [3.8, 4) is 0 Å². The number of nitrogens with two attached hydrogens (primary N) is 1. The van der Waals surface area contributed by atoms with Crippen LogP contribution in [-0.2, 0) is 4.79 Å². The summed E-state index contributed by atoms with van der Waals surface area (Å²) >= 11 is 0.476. The number of hydrazine groups is 1. The van der Waals surface area contributed by atoms with Crippen molar-refractivity contribution in [1.29, 1.82) is 0 Å². The summed E-state index contributed by atoms with van der Waals surface area (Å²) in [5.74, 6) is 2.72. The first-order valence-corrected chi connectivity index (χ1v) is 3.75. The van der Waals surface area contributed by atoms with Crippen molar-refractivity contribution < 1.29 is 18.0 Å². The van der Waals surface area contributed by atoms with Gasteiger partial charge in [-0.15, -0.1) is 11.8 Å². The van der Waals surface area contributed by atoms with Gasteiger partial charge in [-0.3, -0.25) is 10.2 Å². The van der Waals surface area contributed by atoms with E-state index in [0.29, 0.717) is 11.8 Å². The molecular weight excluding hydrogens is 181 g/mol. The van der Waals surface area contributed by atoms with Crippen LogP contribution in [0.3, 0.4) is 0 Å². The lowest BCUT2D eigenvalue weighted by atomic mass is 10.7. The van der Waals surface area contributed by atoms with Crippen molar-refractivity contribution in [2.75, 3.05) is 11.5 Å². The zero-order valence-corrected chi connectivity index (χ0v) is 6.26. The highest BCUT2D eigenvalue weighted by atomic mass is 32.2. The molecule has 0 saturated heterocycles. The molecule has 0 heterocycles. The highest BCUT2D eigenvalue weighted by Gasteiger charge is 2.26. The largest absolute Gasteiger partial charge is 0.397 e. The molecule has 0 aromatic carbocycles. The third kappa shape index (κ3) is 7.47. The molecule has 3 nitrogen and oxygen atoms in total. The van der Waals surface area contributed by atoms with Gasteiger partial charge in [0.05, 0.1) is 11.5 Å².